The molecule has 2 N–H and O–H groups in total. The highest BCUT2D eigenvalue weighted by Gasteiger charge is 2.31. The predicted octanol–water partition coefficient (Wildman–Crippen LogP) is -0.523. The van der Waals surface area contributed by atoms with Gasteiger partial charge in [0.2, 0.25) is 0 Å². The Morgan fingerprint density at radius 3 is 2.53 bits per heavy atom. The van der Waals surface area contributed by atoms with Gasteiger partial charge >= 0.3 is 5.97 Å². The number of hydrogen-bond donors (Lipinski definition) is 2. The maximum absolute atomic E-state index is 11.9. The van der Waals surface area contributed by atoms with Gasteiger partial charge in [-0.25, -0.2) is 0 Å². The second-order valence-electron chi connectivity index (χ2n) is 4.63. The van der Waals surface area contributed by atoms with Crippen molar-refractivity contribution in [2.45, 2.75) is 32.8 Å². The van der Waals surface area contributed by atoms with E-state index in [1.165, 1.54) is 11.2 Å². The fourth-order valence-corrected chi connectivity index (χ4v) is 3.24. The zero-order valence-corrected chi connectivity index (χ0v) is 12.1. The van der Waals surface area contributed by atoms with E-state index >= 15 is 0 Å². The molecule has 0 aliphatic carbocycles. The normalized spacial score (nSPS) is 20.2. The van der Waals surface area contributed by atoms with Crippen molar-refractivity contribution in [2.24, 2.45) is 5.92 Å². The highest BCUT2D eigenvalue weighted by Crippen LogP contribution is 2.20. The topological polar surface area (TPSA) is 95.9 Å². The van der Waals surface area contributed by atoms with Crippen molar-refractivity contribution in [1.29, 1.82) is 0 Å². The molecule has 0 aromatic carbocycles. The molecule has 1 aliphatic rings. The van der Waals surface area contributed by atoms with Gasteiger partial charge in [-0.1, -0.05) is 0 Å². The van der Waals surface area contributed by atoms with E-state index in [4.69, 9.17) is 9.84 Å². The molecule has 1 unspecified atom stereocenters. The van der Waals surface area contributed by atoms with E-state index in [0.717, 1.165) is 0 Å². The molecule has 0 spiro atoms. The molecule has 0 aromatic rings. The van der Waals surface area contributed by atoms with Crippen molar-refractivity contribution < 1.29 is 23.1 Å². The van der Waals surface area contributed by atoms with Crippen molar-refractivity contribution in [3.8, 4) is 0 Å². The molecule has 1 saturated heterocycles. The van der Waals surface area contributed by atoms with Crippen LogP contribution in [0.1, 0.15) is 26.7 Å². The summed E-state index contributed by atoms with van der Waals surface area (Å²) in [5, 5.41) is 9.08. The molecule has 1 atom stereocenters. The van der Waals surface area contributed by atoms with E-state index in [0.29, 0.717) is 32.5 Å². The number of esters is 1. The number of rotatable bonds is 6. The van der Waals surface area contributed by atoms with Gasteiger partial charge in [0.05, 0.1) is 18.6 Å². The van der Waals surface area contributed by atoms with Gasteiger partial charge in [0, 0.05) is 19.6 Å². The molecule has 0 amide bonds. The third-order valence-electron chi connectivity index (χ3n) is 2.97. The molecule has 0 saturated carbocycles. The van der Waals surface area contributed by atoms with Crippen LogP contribution in [0.2, 0.25) is 0 Å². The van der Waals surface area contributed by atoms with Crippen LogP contribution in [-0.2, 0) is 19.7 Å². The molecule has 1 rings (SSSR count). The average Bonchev–Trinajstić information content (AvgIpc) is 2.37. The largest absolute Gasteiger partial charge is 0.466 e. The molecule has 8 heteroatoms. The Morgan fingerprint density at radius 1 is 1.47 bits per heavy atom. The van der Waals surface area contributed by atoms with Crippen molar-refractivity contribution in [3.05, 3.63) is 0 Å². The van der Waals surface area contributed by atoms with Crippen LogP contribution in [0.25, 0.3) is 0 Å². The fraction of sp³-hybridized carbons (Fsp3) is 0.909. The molecule has 0 bridgehead atoms. The van der Waals surface area contributed by atoms with Gasteiger partial charge in [-0.3, -0.25) is 4.79 Å². The van der Waals surface area contributed by atoms with Crippen molar-refractivity contribution in [2.75, 3.05) is 26.2 Å². The summed E-state index contributed by atoms with van der Waals surface area (Å²) >= 11 is 0. The number of nitrogens with zero attached hydrogens (tertiary/aromatic N) is 1. The van der Waals surface area contributed by atoms with Gasteiger partial charge in [-0.2, -0.15) is 17.4 Å². The average molecular weight is 294 g/mol. The third-order valence-corrected chi connectivity index (χ3v) is 4.55. The Kier molecular flexibility index (Phi) is 6.18. The summed E-state index contributed by atoms with van der Waals surface area (Å²) in [5.74, 6) is -0.473. The summed E-state index contributed by atoms with van der Waals surface area (Å²) in [7, 11) is -3.57. The molecule has 1 heterocycles. The number of piperidine rings is 1. The molecule has 112 valence electrons. The van der Waals surface area contributed by atoms with Gasteiger partial charge in [-0.15, -0.1) is 0 Å². The molecule has 1 aliphatic heterocycles. The first-order valence-electron chi connectivity index (χ1n) is 6.46. The number of aliphatic hydroxyl groups is 1. The van der Waals surface area contributed by atoms with Gasteiger partial charge in [0.1, 0.15) is 0 Å². The van der Waals surface area contributed by atoms with Crippen molar-refractivity contribution in [1.82, 2.24) is 9.03 Å². The molecule has 19 heavy (non-hydrogen) atoms. The lowest BCUT2D eigenvalue weighted by molar-refractivity contribution is -0.149. The smallest absolute Gasteiger partial charge is 0.309 e. The lowest BCUT2D eigenvalue weighted by Crippen LogP contribution is -2.47. The lowest BCUT2D eigenvalue weighted by Gasteiger charge is -2.30. The number of nitrogens with one attached hydrogen (secondary N) is 1. The Morgan fingerprint density at radius 2 is 2.05 bits per heavy atom. The Labute approximate surface area is 114 Å². The first-order valence-corrected chi connectivity index (χ1v) is 7.90. The van der Waals surface area contributed by atoms with Gasteiger partial charge in [0.15, 0.2) is 0 Å². The molecule has 7 nitrogen and oxygen atoms in total. The second kappa shape index (κ2) is 7.18. The van der Waals surface area contributed by atoms with Crippen LogP contribution in [0.4, 0.5) is 0 Å². The highest BCUT2D eigenvalue weighted by molar-refractivity contribution is 7.87. The fourth-order valence-electron chi connectivity index (χ4n) is 1.91. The summed E-state index contributed by atoms with van der Waals surface area (Å²) in [6.45, 7) is 4.16. The SMILES string of the molecule is CCOC(=O)C1CCN(S(=O)(=O)NCC(C)O)CC1. The van der Waals surface area contributed by atoms with Crippen molar-refractivity contribution >= 4 is 16.2 Å². The number of ether oxygens (including phenoxy) is 1. The summed E-state index contributed by atoms with van der Waals surface area (Å²) in [6, 6.07) is 0. The van der Waals surface area contributed by atoms with E-state index in [-0.39, 0.29) is 18.4 Å². The predicted molar refractivity (Wildman–Crippen MR) is 69.5 cm³/mol. The lowest BCUT2D eigenvalue weighted by atomic mass is 9.98. The van der Waals surface area contributed by atoms with Gasteiger partial charge < -0.3 is 9.84 Å². The zero-order chi connectivity index (χ0) is 14.5. The first kappa shape index (κ1) is 16.4. The third kappa shape index (κ3) is 5.06. The Bertz CT molecular complexity index is 388. The van der Waals surface area contributed by atoms with Crippen LogP contribution in [0.15, 0.2) is 0 Å². The van der Waals surface area contributed by atoms with E-state index in [9.17, 15) is 13.2 Å². The molecular weight excluding hydrogens is 272 g/mol. The van der Waals surface area contributed by atoms with Gasteiger partial charge in [-0.05, 0) is 26.7 Å². The van der Waals surface area contributed by atoms with E-state index in [2.05, 4.69) is 4.72 Å². The van der Waals surface area contributed by atoms with Gasteiger partial charge in [0.25, 0.3) is 10.2 Å². The maximum atomic E-state index is 11.9. The van der Waals surface area contributed by atoms with E-state index < -0.39 is 16.3 Å². The number of aliphatic hydroxyl groups excluding tert-OH is 1. The van der Waals surface area contributed by atoms with E-state index in [1.54, 1.807) is 6.92 Å². The zero-order valence-electron chi connectivity index (χ0n) is 11.3. The first-order chi connectivity index (χ1) is 8.86. The Balaban J connectivity index is 2.46. The quantitative estimate of drug-likeness (QED) is 0.642. The second-order valence-corrected chi connectivity index (χ2v) is 6.38. The monoisotopic (exact) mass is 294 g/mol. The van der Waals surface area contributed by atoms with Crippen LogP contribution < -0.4 is 4.72 Å². The minimum atomic E-state index is -3.57. The molecular formula is C11H22N2O5S. The maximum Gasteiger partial charge on any atom is 0.309 e. The summed E-state index contributed by atoms with van der Waals surface area (Å²) in [5.41, 5.74) is 0. The number of hydrogen-bond acceptors (Lipinski definition) is 5. The minimum absolute atomic E-state index is 0.0138. The highest BCUT2D eigenvalue weighted by atomic mass is 32.2. The standard InChI is InChI=1S/C11H22N2O5S/c1-3-18-11(15)10-4-6-13(7-5-10)19(16,17)12-8-9(2)14/h9-10,12,14H,3-8H2,1-2H3. The number of carbonyl (C=O) groups excluding carboxylic acids is 1. The van der Waals surface area contributed by atoms with Crippen LogP contribution in [0.5, 0.6) is 0 Å². The van der Waals surface area contributed by atoms with E-state index in [1.807, 2.05) is 0 Å². The van der Waals surface area contributed by atoms with Crippen LogP contribution in [-0.4, -0.2) is 56.1 Å². The van der Waals surface area contributed by atoms with Crippen molar-refractivity contribution in [3.63, 3.8) is 0 Å². The summed E-state index contributed by atoms with van der Waals surface area (Å²) in [6.07, 6.45) is 0.204. The minimum Gasteiger partial charge on any atom is -0.466 e. The summed E-state index contributed by atoms with van der Waals surface area (Å²) in [4.78, 5) is 11.5. The van der Waals surface area contributed by atoms with Crippen LogP contribution >= 0.6 is 0 Å². The molecule has 1 fully saturated rings. The Hall–Kier alpha value is -0.700. The molecule has 0 aromatic heterocycles. The molecule has 0 radical (unpaired) electrons. The van der Waals surface area contributed by atoms with Crippen LogP contribution in [0, 0.1) is 5.92 Å². The van der Waals surface area contributed by atoms with Crippen LogP contribution in [0.3, 0.4) is 0 Å². The summed E-state index contributed by atoms with van der Waals surface area (Å²) < 4.78 is 32.3. The number of carbonyl (C=O) groups is 1.